The summed E-state index contributed by atoms with van der Waals surface area (Å²) in [5, 5.41) is 16.3. The molecule has 1 aromatic heterocycles. The first-order chi connectivity index (χ1) is 28.0. The Balaban J connectivity index is 1.04. The van der Waals surface area contributed by atoms with E-state index >= 15 is 0 Å². The van der Waals surface area contributed by atoms with Gasteiger partial charge in [-0.3, -0.25) is 19.7 Å². The second-order valence-corrected chi connectivity index (χ2v) is 17.8. The van der Waals surface area contributed by atoms with E-state index in [9.17, 15) is 18.5 Å². The highest BCUT2D eigenvalue weighted by atomic mass is 32.2. The van der Waals surface area contributed by atoms with E-state index in [0.29, 0.717) is 23.1 Å². The van der Waals surface area contributed by atoms with Gasteiger partial charge < -0.3 is 15.1 Å². The Bertz CT molecular complexity index is 2470. The molecule has 0 bridgehead atoms. The minimum atomic E-state index is -4.27. The van der Waals surface area contributed by atoms with Crippen molar-refractivity contribution in [2.75, 3.05) is 67.5 Å². The Hall–Kier alpha value is -5.54. The summed E-state index contributed by atoms with van der Waals surface area (Å²) in [6.07, 6.45) is 2.02. The second-order valence-electron chi connectivity index (χ2n) is 15.1. The molecule has 5 aromatic carbocycles. The van der Waals surface area contributed by atoms with Gasteiger partial charge >= 0.3 is 0 Å². The number of hydrogen-bond donors (Lipinski definition) is 2. The summed E-state index contributed by atoms with van der Waals surface area (Å²) in [4.78, 5) is 28.3. The number of sulfonamides is 1. The number of nitro benzene ring substituents is 1. The molecule has 14 heteroatoms. The number of aromatic nitrogens is 2. The number of nitro groups is 1. The highest BCUT2D eigenvalue weighted by molar-refractivity contribution is 7.99. The average molecular weight is 817 g/mol. The molecule has 1 atom stereocenters. The van der Waals surface area contributed by atoms with E-state index in [0.717, 1.165) is 55.9 Å². The van der Waals surface area contributed by atoms with Crippen molar-refractivity contribution in [3.63, 3.8) is 0 Å². The van der Waals surface area contributed by atoms with Gasteiger partial charge in [-0.1, -0.05) is 72.8 Å². The fourth-order valence-corrected chi connectivity index (χ4v) is 9.23. The first kappa shape index (κ1) is 40.6. The van der Waals surface area contributed by atoms with Gasteiger partial charge in [-0.05, 0) is 93.1 Å². The zero-order chi connectivity index (χ0) is 40.7. The lowest BCUT2D eigenvalue weighted by molar-refractivity contribution is -0.384. The molecule has 0 saturated carbocycles. The van der Waals surface area contributed by atoms with Crippen molar-refractivity contribution < 1.29 is 13.3 Å². The summed E-state index contributed by atoms with van der Waals surface area (Å²) in [5.41, 5.74) is 4.71. The van der Waals surface area contributed by atoms with Crippen molar-refractivity contribution in [3.8, 4) is 11.1 Å². The highest BCUT2D eigenvalue weighted by Crippen LogP contribution is 2.35. The summed E-state index contributed by atoms with van der Waals surface area (Å²) >= 11 is 1.66. The maximum atomic E-state index is 13.8. The molecule has 300 valence electrons. The van der Waals surface area contributed by atoms with Crippen LogP contribution in [0.1, 0.15) is 18.9 Å². The van der Waals surface area contributed by atoms with Crippen LogP contribution in [0, 0.1) is 10.1 Å². The largest absolute Gasteiger partial charge is 0.373 e. The molecule has 0 amide bonds. The molecule has 2 heterocycles. The summed E-state index contributed by atoms with van der Waals surface area (Å²) in [7, 11) is -0.307. The lowest BCUT2D eigenvalue weighted by Crippen LogP contribution is -2.46. The van der Waals surface area contributed by atoms with Crippen LogP contribution in [0.15, 0.2) is 137 Å². The molecule has 0 radical (unpaired) electrons. The fraction of sp³-hybridized carbons (Fsp3) is 0.273. The molecule has 0 spiro atoms. The smallest absolute Gasteiger partial charge is 0.293 e. The topological polar surface area (TPSA) is 137 Å². The molecule has 1 saturated heterocycles. The van der Waals surface area contributed by atoms with Crippen molar-refractivity contribution in [3.05, 3.63) is 143 Å². The van der Waals surface area contributed by atoms with Crippen LogP contribution in [-0.4, -0.2) is 91.2 Å². The average Bonchev–Trinajstić information content (AvgIpc) is 3.23. The van der Waals surface area contributed by atoms with E-state index in [1.807, 2.05) is 75.6 Å². The number of thioether (sulfide) groups is 1. The predicted molar refractivity (Wildman–Crippen MR) is 235 cm³/mol. The third kappa shape index (κ3) is 9.94. The summed E-state index contributed by atoms with van der Waals surface area (Å²) in [5.74, 6) is 0.726. The maximum Gasteiger partial charge on any atom is 0.293 e. The number of nitrogens with one attached hydrogen (secondary N) is 2. The zero-order valence-electron chi connectivity index (χ0n) is 32.9. The van der Waals surface area contributed by atoms with Crippen LogP contribution in [0.4, 0.5) is 22.9 Å². The van der Waals surface area contributed by atoms with Crippen LogP contribution in [0.3, 0.4) is 0 Å². The van der Waals surface area contributed by atoms with Crippen LogP contribution < -0.4 is 14.9 Å². The van der Waals surface area contributed by atoms with E-state index in [-0.39, 0.29) is 22.1 Å². The first-order valence-corrected chi connectivity index (χ1v) is 21.7. The van der Waals surface area contributed by atoms with Crippen molar-refractivity contribution in [1.29, 1.82) is 0 Å². The van der Waals surface area contributed by atoms with Crippen LogP contribution in [0.2, 0.25) is 0 Å². The number of piperazine rings is 1. The molecule has 1 aliphatic rings. The lowest BCUT2D eigenvalue weighted by atomic mass is 9.99. The third-order valence-corrected chi connectivity index (χ3v) is 13.1. The van der Waals surface area contributed by atoms with Crippen LogP contribution in [0.25, 0.3) is 22.0 Å². The maximum absolute atomic E-state index is 13.8. The van der Waals surface area contributed by atoms with E-state index < -0.39 is 20.5 Å². The Kier molecular flexibility index (Phi) is 12.6. The van der Waals surface area contributed by atoms with Crippen molar-refractivity contribution >= 4 is 55.6 Å². The Morgan fingerprint density at radius 2 is 1.57 bits per heavy atom. The van der Waals surface area contributed by atoms with E-state index in [1.54, 1.807) is 11.8 Å². The molecule has 7 rings (SSSR count). The quantitative estimate of drug-likeness (QED) is 0.0555. The van der Waals surface area contributed by atoms with Gasteiger partial charge in [0, 0.05) is 66.1 Å². The van der Waals surface area contributed by atoms with Crippen molar-refractivity contribution in [1.82, 2.24) is 19.8 Å². The van der Waals surface area contributed by atoms with Gasteiger partial charge in [0.05, 0.1) is 15.3 Å². The predicted octanol–water partition coefficient (Wildman–Crippen LogP) is 8.24. The Morgan fingerprint density at radius 1 is 0.862 bits per heavy atom. The minimum Gasteiger partial charge on any atom is -0.373 e. The number of nitrogens with zero attached hydrogens (tertiary/aromatic N) is 6. The SMILES string of the molecule is CN(C)CC[C@@](C)(CSc1ccccc1)Nc1ccc(S(=O)(=O)Nc2ncnc3cc(N4CCN(Cc5ccccc5-c5ccccc5)CC4)ccc23)cc1[N+](=O)[O-]. The molecule has 6 aromatic rings. The highest BCUT2D eigenvalue weighted by Gasteiger charge is 2.30. The van der Waals surface area contributed by atoms with Gasteiger partial charge in [0.2, 0.25) is 0 Å². The molecule has 0 aliphatic carbocycles. The minimum absolute atomic E-state index is 0.0949. The molecule has 0 unspecified atom stereocenters. The number of benzene rings is 5. The molecule has 58 heavy (non-hydrogen) atoms. The molecule has 12 nitrogen and oxygen atoms in total. The normalized spacial score (nSPS) is 14.7. The van der Waals surface area contributed by atoms with E-state index in [4.69, 9.17) is 0 Å². The van der Waals surface area contributed by atoms with Gasteiger partial charge in [0.1, 0.15) is 12.0 Å². The number of hydrogen-bond acceptors (Lipinski definition) is 11. The van der Waals surface area contributed by atoms with Gasteiger partial charge in [0.25, 0.3) is 15.7 Å². The molecule has 1 fully saturated rings. The molecule has 2 N–H and O–H groups in total. The monoisotopic (exact) mass is 816 g/mol. The summed E-state index contributed by atoms with van der Waals surface area (Å²) in [6, 6.07) is 38.7. The Morgan fingerprint density at radius 3 is 2.29 bits per heavy atom. The van der Waals surface area contributed by atoms with Gasteiger partial charge in [-0.2, -0.15) is 0 Å². The lowest BCUT2D eigenvalue weighted by Gasteiger charge is -2.36. The molecular formula is C44H48N8O4S2. The van der Waals surface area contributed by atoms with Crippen LogP contribution >= 0.6 is 11.8 Å². The van der Waals surface area contributed by atoms with E-state index in [2.05, 4.69) is 83.2 Å². The first-order valence-electron chi connectivity index (χ1n) is 19.2. The van der Waals surface area contributed by atoms with E-state index in [1.165, 1.54) is 35.2 Å². The Labute approximate surface area is 344 Å². The fourth-order valence-electron chi connectivity index (χ4n) is 7.13. The van der Waals surface area contributed by atoms with Crippen molar-refractivity contribution in [2.24, 2.45) is 0 Å². The summed E-state index contributed by atoms with van der Waals surface area (Å²) < 4.78 is 30.2. The molecule has 1 aliphatic heterocycles. The van der Waals surface area contributed by atoms with Gasteiger partial charge in [-0.25, -0.2) is 18.4 Å². The second kappa shape index (κ2) is 17.9. The van der Waals surface area contributed by atoms with Gasteiger partial charge in [0.15, 0.2) is 5.82 Å². The van der Waals surface area contributed by atoms with Crippen molar-refractivity contribution in [2.45, 2.75) is 35.2 Å². The summed E-state index contributed by atoms with van der Waals surface area (Å²) in [6.45, 7) is 7.07. The zero-order valence-corrected chi connectivity index (χ0v) is 34.5. The number of fused-ring (bicyclic) bond motifs is 1. The van der Waals surface area contributed by atoms with Gasteiger partial charge in [-0.15, -0.1) is 11.8 Å². The number of anilines is 3. The third-order valence-electron chi connectivity index (χ3n) is 10.4. The number of rotatable bonds is 16. The molecular weight excluding hydrogens is 769 g/mol. The van der Waals surface area contributed by atoms with Crippen LogP contribution in [-0.2, 0) is 16.6 Å². The van der Waals surface area contributed by atoms with Crippen LogP contribution in [0.5, 0.6) is 0 Å². The standard InChI is InChI=1S/C44H48N8O4S2/c1-44(22-23-49(2)3,31-57-36-15-8-5-9-16-36)47-40-21-19-37(29-42(40)52(53)54)58(55,56)48-43-39-20-18-35(28-41(39)45-32-46-43)51-26-24-50(25-27-51)30-34-14-10-11-17-38(34)33-12-6-4-7-13-33/h4-21,28-29,32,47H,22-27,30-31H2,1-3H3,(H,45,46,48)/t44-/m0/s1.